The van der Waals surface area contributed by atoms with E-state index in [-0.39, 0.29) is 18.5 Å². The summed E-state index contributed by atoms with van der Waals surface area (Å²) in [6.45, 7) is 1.85. The van der Waals surface area contributed by atoms with Crippen LogP contribution < -0.4 is 10.1 Å². The minimum Gasteiger partial charge on any atom is -0.484 e. The number of piperazine rings is 1. The molecule has 3 amide bonds. The first-order valence-corrected chi connectivity index (χ1v) is 8.20. The van der Waals surface area contributed by atoms with Gasteiger partial charge in [0.2, 0.25) is 0 Å². The summed E-state index contributed by atoms with van der Waals surface area (Å²) in [6.07, 6.45) is 3.14. The molecule has 25 heavy (non-hydrogen) atoms. The highest BCUT2D eigenvalue weighted by molar-refractivity contribution is 6.30. The van der Waals surface area contributed by atoms with Crippen molar-refractivity contribution in [2.45, 2.75) is 0 Å². The van der Waals surface area contributed by atoms with E-state index >= 15 is 0 Å². The van der Waals surface area contributed by atoms with Gasteiger partial charge in [0.15, 0.2) is 6.61 Å². The Kier molecular flexibility index (Phi) is 5.39. The second-order valence-electron chi connectivity index (χ2n) is 5.53. The third kappa shape index (κ3) is 4.63. The zero-order chi connectivity index (χ0) is 17.6. The molecule has 0 unspecified atom stereocenters. The number of hydrogen-bond acceptors (Lipinski definition) is 4. The summed E-state index contributed by atoms with van der Waals surface area (Å²) in [6, 6.07) is 6.64. The standard InChI is InChI=1S/C16H18ClN5O3/c17-12-1-3-14(4-2-12)25-11-15(23)21-5-7-22(8-6-21)16(24)20-13-9-18-19-10-13/h1-4,9-10H,5-8,11H2,(H,18,19)(H,20,24). The topological polar surface area (TPSA) is 90.6 Å². The first-order valence-electron chi connectivity index (χ1n) is 7.82. The fourth-order valence-corrected chi connectivity index (χ4v) is 2.57. The maximum absolute atomic E-state index is 12.2. The number of amides is 3. The molecule has 9 heteroatoms. The van der Waals surface area contributed by atoms with E-state index in [2.05, 4.69) is 15.5 Å². The van der Waals surface area contributed by atoms with E-state index in [0.29, 0.717) is 42.6 Å². The van der Waals surface area contributed by atoms with Crippen LogP contribution in [0.25, 0.3) is 0 Å². The molecule has 2 aromatic rings. The summed E-state index contributed by atoms with van der Waals surface area (Å²) in [4.78, 5) is 27.7. The number of hydrogen-bond donors (Lipinski definition) is 2. The number of aromatic nitrogens is 2. The zero-order valence-electron chi connectivity index (χ0n) is 13.4. The number of nitrogens with one attached hydrogen (secondary N) is 2. The van der Waals surface area contributed by atoms with Gasteiger partial charge in [-0.3, -0.25) is 9.89 Å². The molecular formula is C16H18ClN5O3. The van der Waals surface area contributed by atoms with Gasteiger partial charge in [-0.05, 0) is 24.3 Å². The van der Waals surface area contributed by atoms with Gasteiger partial charge in [-0.1, -0.05) is 11.6 Å². The van der Waals surface area contributed by atoms with Gasteiger partial charge in [-0.2, -0.15) is 5.10 Å². The van der Waals surface area contributed by atoms with Crippen LogP contribution in [0.4, 0.5) is 10.5 Å². The van der Waals surface area contributed by atoms with Gasteiger partial charge in [-0.15, -0.1) is 0 Å². The Morgan fingerprint density at radius 3 is 2.48 bits per heavy atom. The summed E-state index contributed by atoms with van der Waals surface area (Å²) < 4.78 is 5.47. The lowest BCUT2D eigenvalue weighted by Gasteiger charge is -2.34. The number of H-pyrrole nitrogens is 1. The van der Waals surface area contributed by atoms with E-state index in [1.807, 2.05) is 0 Å². The van der Waals surface area contributed by atoms with Gasteiger partial charge in [0.1, 0.15) is 5.75 Å². The van der Waals surface area contributed by atoms with Crippen LogP contribution in [0.1, 0.15) is 0 Å². The van der Waals surface area contributed by atoms with E-state index in [4.69, 9.17) is 16.3 Å². The minimum atomic E-state index is -0.203. The molecule has 0 aliphatic carbocycles. The van der Waals surface area contributed by atoms with Gasteiger partial charge < -0.3 is 19.9 Å². The van der Waals surface area contributed by atoms with Gasteiger partial charge >= 0.3 is 6.03 Å². The fourth-order valence-electron chi connectivity index (χ4n) is 2.45. The Balaban J connectivity index is 1.42. The number of carbonyl (C=O) groups is 2. The molecule has 8 nitrogen and oxygen atoms in total. The van der Waals surface area contributed by atoms with E-state index in [1.165, 1.54) is 6.20 Å². The number of nitrogens with zero attached hydrogens (tertiary/aromatic N) is 3. The number of halogens is 1. The van der Waals surface area contributed by atoms with Gasteiger partial charge in [0.25, 0.3) is 5.91 Å². The number of anilines is 1. The largest absolute Gasteiger partial charge is 0.484 e. The zero-order valence-corrected chi connectivity index (χ0v) is 14.2. The maximum atomic E-state index is 12.2. The maximum Gasteiger partial charge on any atom is 0.322 e. The van der Waals surface area contributed by atoms with Crippen molar-refractivity contribution < 1.29 is 14.3 Å². The molecule has 3 rings (SSSR count). The highest BCUT2D eigenvalue weighted by Gasteiger charge is 2.24. The molecule has 0 radical (unpaired) electrons. The summed E-state index contributed by atoms with van der Waals surface area (Å²) in [7, 11) is 0. The van der Waals surface area contributed by atoms with Crippen molar-refractivity contribution in [2.24, 2.45) is 0 Å². The SMILES string of the molecule is O=C(COc1ccc(Cl)cc1)N1CCN(C(=O)Nc2cn[nH]c2)CC1. The Morgan fingerprint density at radius 2 is 1.84 bits per heavy atom. The number of benzene rings is 1. The summed E-state index contributed by atoms with van der Waals surface area (Å²) in [5, 5.41) is 9.76. The molecule has 1 saturated heterocycles. The van der Waals surface area contributed by atoms with Crippen molar-refractivity contribution in [1.29, 1.82) is 0 Å². The van der Waals surface area contributed by atoms with Crippen LogP contribution in [-0.2, 0) is 4.79 Å². The van der Waals surface area contributed by atoms with Crippen molar-refractivity contribution >= 4 is 29.2 Å². The predicted octanol–water partition coefficient (Wildman–Crippen LogP) is 1.82. The number of rotatable bonds is 4. The molecule has 1 aliphatic heterocycles. The van der Waals surface area contributed by atoms with Crippen LogP contribution in [-0.4, -0.2) is 64.7 Å². The molecule has 0 atom stereocenters. The Hall–Kier alpha value is -2.74. The lowest BCUT2D eigenvalue weighted by atomic mass is 10.3. The van der Waals surface area contributed by atoms with Gasteiger partial charge in [-0.25, -0.2) is 4.79 Å². The van der Waals surface area contributed by atoms with Crippen LogP contribution in [0.5, 0.6) is 5.75 Å². The van der Waals surface area contributed by atoms with Crippen molar-refractivity contribution in [2.75, 3.05) is 38.1 Å². The normalized spacial score (nSPS) is 14.3. The average Bonchev–Trinajstić information content (AvgIpc) is 3.14. The molecule has 132 valence electrons. The smallest absolute Gasteiger partial charge is 0.322 e. The molecule has 1 aliphatic rings. The second-order valence-corrected chi connectivity index (χ2v) is 5.96. The third-order valence-electron chi connectivity index (χ3n) is 3.85. The van der Waals surface area contributed by atoms with E-state index in [0.717, 1.165) is 0 Å². The average molecular weight is 364 g/mol. The summed E-state index contributed by atoms with van der Waals surface area (Å²) in [5.41, 5.74) is 0.611. The summed E-state index contributed by atoms with van der Waals surface area (Å²) in [5.74, 6) is 0.487. The highest BCUT2D eigenvalue weighted by atomic mass is 35.5. The van der Waals surface area contributed by atoms with Crippen LogP contribution in [0.15, 0.2) is 36.7 Å². The van der Waals surface area contributed by atoms with E-state index in [1.54, 1.807) is 40.3 Å². The highest BCUT2D eigenvalue weighted by Crippen LogP contribution is 2.15. The van der Waals surface area contributed by atoms with Crippen LogP contribution >= 0.6 is 11.6 Å². The van der Waals surface area contributed by atoms with E-state index in [9.17, 15) is 9.59 Å². The molecular weight excluding hydrogens is 346 g/mol. The number of carbonyl (C=O) groups excluding carboxylic acids is 2. The molecule has 1 fully saturated rings. The lowest BCUT2D eigenvalue weighted by molar-refractivity contribution is -0.134. The molecule has 0 bridgehead atoms. The Bertz CT molecular complexity index is 712. The van der Waals surface area contributed by atoms with Crippen molar-refractivity contribution in [3.8, 4) is 5.75 Å². The quantitative estimate of drug-likeness (QED) is 0.866. The van der Waals surface area contributed by atoms with Gasteiger partial charge in [0.05, 0.1) is 11.9 Å². The van der Waals surface area contributed by atoms with Crippen LogP contribution in [0.3, 0.4) is 0 Å². The number of aromatic amines is 1. The van der Waals surface area contributed by atoms with Crippen LogP contribution in [0.2, 0.25) is 5.02 Å². The molecule has 1 aromatic heterocycles. The molecule has 2 heterocycles. The third-order valence-corrected chi connectivity index (χ3v) is 4.10. The Morgan fingerprint density at radius 1 is 1.16 bits per heavy atom. The van der Waals surface area contributed by atoms with Gasteiger partial charge in [0, 0.05) is 37.4 Å². The minimum absolute atomic E-state index is 0.0388. The first kappa shape index (κ1) is 17.1. The fraction of sp³-hybridized carbons (Fsp3) is 0.312. The first-order chi connectivity index (χ1) is 12.1. The predicted molar refractivity (Wildman–Crippen MR) is 92.7 cm³/mol. The van der Waals surface area contributed by atoms with Crippen molar-refractivity contribution in [1.82, 2.24) is 20.0 Å². The number of urea groups is 1. The molecule has 2 N–H and O–H groups in total. The molecule has 0 spiro atoms. The van der Waals surface area contributed by atoms with Crippen molar-refractivity contribution in [3.63, 3.8) is 0 Å². The lowest BCUT2D eigenvalue weighted by Crippen LogP contribution is -2.52. The monoisotopic (exact) mass is 363 g/mol. The molecule has 1 aromatic carbocycles. The molecule has 0 saturated carbocycles. The van der Waals surface area contributed by atoms with Crippen molar-refractivity contribution in [3.05, 3.63) is 41.7 Å². The second kappa shape index (κ2) is 7.89. The summed E-state index contributed by atoms with van der Waals surface area (Å²) >= 11 is 5.81. The Labute approximate surface area is 149 Å². The number of ether oxygens (including phenoxy) is 1. The van der Waals surface area contributed by atoms with E-state index < -0.39 is 0 Å². The van der Waals surface area contributed by atoms with Crippen LogP contribution in [0, 0.1) is 0 Å².